The summed E-state index contributed by atoms with van der Waals surface area (Å²) in [5.41, 5.74) is -2.05. The number of halogens is 3. The number of pyridine rings is 1. The number of benzene rings is 2. The maximum atomic E-state index is 15.2. The summed E-state index contributed by atoms with van der Waals surface area (Å²) >= 11 is 0. The number of aromatic nitrogens is 1. The van der Waals surface area contributed by atoms with E-state index in [4.69, 9.17) is 5.11 Å². The summed E-state index contributed by atoms with van der Waals surface area (Å²) in [6.45, 7) is 0.403. The predicted molar refractivity (Wildman–Crippen MR) is 124 cm³/mol. The third-order valence-electron chi connectivity index (χ3n) is 6.22. The molecule has 0 saturated carbocycles. The Kier molecular flexibility index (Phi) is 6.90. The van der Waals surface area contributed by atoms with Gasteiger partial charge in [-0.25, -0.2) is 18.0 Å². The molecule has 0 radical (unpaired) electrons. The molecule has 4 rings (SSSR count). The van der Waals surface area contributed by atoms with Crippen LogP contribution in [0.3, 0.4) is 0 Å². The van der Waals surface area contributed by atoms with Gasteiger partial charge in [0.1, 0.15) is 29.1 Å². The Morgan fingerprint density at radius 2 is 1.54 bits per heavy atom. The third kappa shape index (κ3) is 4.98. The maximum Gasteiger partial charge on any atom is 0.341 e. The first kappa shape index (κ1) is 25.7. The number of piperazine rings is 1. The Morgan fingerprint density at radius 1 is 0.892 bits per heavy atom. The maximum absolute atomic E-state index is 15.2. The van der Waals surface area contributed by atoms with Crippen molar-refractivity contribution in [1.82, 2.24) is 9.47 Å². The van der Waals surface area contributed by atoms with Crippen molar-refractivity contribution in [2.75, 3.05) is 31.1 Å². The van der Waals surface area contributed by atoms with Crippen LogP contribution in [0.4, 0.5) is 18.9 Å². The second kappa shape index (κ2) is 9.93. The van der Waals surface area contributed by atoms with Gasteiger partial charge in [0.15, 0.2) is 0 Å². The number of carbonyl (C=O) groups is 3. The van der Waals surface area contributed by atoms with Gasteiger partial charge in [-0.3, -0.25) is 19.3 Å². The first-order valence-electron chi connectivity index (χ1n) is 11.0. The van der Waals surface area contributed by atoms with Gasteiger partial charge in [-0.05, 0) is 24.3 Å². The van der Waals surface area contributed by atoms with Crippen LogP contribution in [0.2, 0.25) is 0 Å². The number of carboxylic acids is 3. The minimum atomic E-state index is -1.61. The van der Waals surface area contributed by atoms with Crippen molar-refractivity contribution in [3.8, 4) is 5.69 Å². The van der Waals surface area contributed by atoms with Crippen molar-refractivity contribution in [2.24, 2.45) is 0 Å². The highest BCUT2D eigenvalue weighted by Gasteiger charge is 2.31. The molecule has 3 N–H and O–H groups in total. The number of fused-ring (bicyclic) bond motifs is 1. The molecular formula is C24H20F3N3O7. The van der Waals surface area contributed by atoms with Crippen LogP contribution in [-0.4, -0.2) is 74.9 Å². The number of hydrogen-bond acceptors (Lipinski definition) is 6. The summed E-state index contributed by atoms with van der Waals surface area (Å²) in [5, 5.41) is 27.5. The third-order valence-corrected chi connectivity index (χ3v) is 6.22. The van der Waals surface area contributed by atoms with Crippen LogP contribution >= 0.6 is 0 Å². The zero-order chi connectivity index (χ0) is 27.0. The predicted octanol–water partition coefficient (Wildman–Crippen LogP) is 2.16. The minimum Gasteiger partial charge on any atom is -0.481 e. The van der Waals surface area contributed by atoms with E-state index in [9.17, 15) is 38.2 Å². The van der Waals surface area contributed by atoms with Gasteiger partial charge in [0.25, 0.3) is 0 Å². The van der Waals surface area contributed by atoms with Gasteiger partial charge in [-0.15, -0.1) is 0 Å². The molecule has 0 aliphatic carbocycles. The van der Waals surface area contributed by atoms with Gasteiger partial charge in [-0.2, -0.15) is 0 Å². The van der Waals surface area contributed by atoms with Crippen LogP contribution in [0.15, 0.2) is 41.3 Å². The van der Waals surface area contributed by atoms with E-state index < -0.39 is 58.8 Å². The smallest absolute Gasteiger partial charge is 0.341 e. The molecule has 1 aliphatic heterocycles. The van der Waals surface area contributed by atoms with E-state index in [1.807, 2.05) is 0 Å². The Morgan fingerprint density at radius 3 is 2.11 bits per heavy atom. The molecule has 1 aromatic heterocycles. The van der Waals surface area contributed by atoms with Gasteiger partial charge in [0.2, 0.25) is 5.43 Å². The average Bonchev–Trinajstić information content (AvgIpc) is 2.83. The topological polar surface area (TPSA) is 140 Å². The van der Waals surface area contributed by atoms with E-state index in [0.717, 1.165) is 29.0 Å². The van der Waals surface area contributed by atoms with Crippen LogP contribution in [0.5, 0.6) is 0 Å². The standard InChI is InChI=1S/C24H20F3N3O7/c25-12-1-2-17(15(26)7-12)30-11-14(23(34)35)22(33)13-8-16(27)19(9-18(13)30)28-3-5-29(6-4-28)20(24(36)37)10-21(31)32/h1-2,7-9,11,20H,3-6,10H2,(H,31,32)(H,34,35)(H,36,37). The quantitative estimate of drug-likeness (QED) is 0.428. The molecule has 0 bridgehead atoms. The highest BCUT2D eigenvalue weighted by atomic mass is 19.1. The van der Waals surface area contributed by atoms with Gasteiger partial charge >= 0.3 is 17.9 Å². The van der Waals surface area contributed by atoms with E-state index in [1.165, 1.54) is 11.0 Å². The molecule has 1 fully saturated rings. The van der Waals surface area contributed by atoms with Crippen LogP contribution in [0.25, 0.3) is 16.6 Å². The Balaban J connectivity index is 1.78. The SMILES string of the molecule is O=C(O)CC(C(=O)O)N1CCN(c2cc3c(cc2F)c(=O)c(C(=O)O)cn3-c2ccc(F)cc2F)CC1. The number of nitrogens with zero attached hydrogens (tertiary/aromatic N) is 3. The van der Waals surface area contributed by atoms with Crippen LogP contribution in [-0.2, 0) is 9.59 Å². The number of aromatic carboxylic acids is 1. The molecule has 2 heterocycles. The van der Waals surface area contributed by atoms with E-state index in [0.29, 0.717) is 6.07 Å². The summed E-state index contributed by atoms with van der Waals surface area (Å²) < 4.78 is 44.4. The second-order valence-corrected chi connectivity index (χ2v) is 8.44. The lowest BCUT2D eigenvalue weighted by atomic mass is 10.1. The summed E-state index contributed by atoms with van der Waals surface area (Å²) in [6.07, 6.45) is 0.271. The molecule has 3 aromatic rings. The molecule has 10 nitrogen and oxygen atoms in total. The summed E-state index contributed by atoms with van der Waals surface area (Å²) in [4.78, 5) is 49.9. The van der Waals surface area contributed by atoms with E-state index in [2.05, 4.69) is 0 Å². The lowest BCUT2D eigenvalue weighted by Crippen LogP contribution is -2.53. The zero-order valence-corrected chi connectivity index (χ0v) is 19.0. The molecule has 0 spiro atoms. The monoisotopic (exact) mass is 519 g/mol. The van der Waals surface area contributed by atoms with Gasteiger partial charge in [-0.1, -0.05) is 0 Å². The number of rotatable bonds is 7. The van der Waals surface area contributed by atoms with Crippen LogP contribution in [0, 0.1) is 17.5 Å². The fourth-order valence-electron chi connectivity index (χ4n) is 4.42. The molecule has 1 saturated heterocycles. The second-order valence-electron chi connectivity index (χ2n) is 8.44. The number of carboxylic acid groups (broad SMARTS) is 3. The lowest BCUT2D eigenvalue weighted by Gasteiger charge is -2.38. The Hall–Kier alpha value is -4.39. The average molecular weight is 519 g/mol. The van der Waals surface area contributed by atoms with Gasteiger partial charge in [0.05, 0.1) is 23.3 Å². The molecule has 1 atom stereocenters. The highest BCUT2D eigenvalue weighted by molar-refractivity contribution is 5.94. The van der Waals surface area contributed by atoms with Crippen molar-refractivity contribution in [2.45, 2.75) is 12.5 Å². The van der Waals surface area contributed by atoms with Crippen molar-refractivity contribution in [1.29, 1.82) is 0 Å². The number of anilines is 1. The zero-order valence-electron chi connectivity index (χ0n) is 19.0. The van der Waals surface area contributed by atoms with E-state index in [-0.39, 0.29) is 48.5 Å². The molecule has 194 valence electrons. The molecule has 1 unspecified atom stereocenters. The first-order valence-corrected chi connectivity index (χ1v) is 11.0. The number of aliphatic carboxylic acids is 2. The molecular weight excluding hydrogens is 499 g/mol. The number of hydrogen-bond donors (Lipinski definition) is 3. The molecule has 37 heavy (non-hydrogen) atoms. The van der Waals surface area contributed by atoms with Crippen LogP contribution < -0.4 is 10.3 Å². The van der Waals surface area contributed by atoms with Gasteiger partial charge < -0.3 is 24.8 Å². The molecule has 1 aliphatic rings. The fraction of sp³-hybridized carbons (Fsp3) is 0.250. The fourth-order valence-corrected chi connectivity index (χ4v) is 4.42. The lowest BCUT2D eigenvalue weighted by molar-refractivity contribution is -0.150. The van der Waals surface area contributed by atoms with E-state index in [1.54, 1.807) is 4.90 Å². The van der Waals surface area contributed by atoms with E-state index >= 15 is 4.39 Å². The first-order chi connectivity index (χ1) is 17.5. The summed E-state index contributed by atoms with van der Waals surface area (Å²) in [6, 6.07) is 3.40. The molecule has 0 amide bonds. The Bertz CT molecular complexity index is 1480. The highest BCUT2D eigenvalue weighted by Crippen LogP contribution is 2.29. The van der Waals surface area contributed by atoms with Crippen molar-refractivity contribution in [3.05, 3.63) is 69.8 Å². The van der Waals surface area contributed by atoms with Crippen molar-refractivity contribution in [3.63, 3.8) is 0 Å². The molecule has 2 aromatic carbocycles. The van der Waals surface area contributed by atoms with Crippen molar-refractivity contribution < 1.29 is 42.9 Å². The normalized spacial score (nSPS) is 15.1. The molecule has 13 heteroatoms. The van der Waals surface area contributed by atoms with Crippen molar-refractivity contribution >= 4 is 34.5 Å². The largest absolute Gasteiger partial charge is 0.481 e. The van der Waals surface area contributed by atoms with Crippen LogP contribution in [0.1, 0.15) is 16.8 Å². The Labute approximate surface area is 206 Å². The van der Waals surface area contributed by atoms with Gasteiger partial charge in [0, 0.05) is 43.8 Å². The summed E-state index contributed by atoms with van der Waals surface area (Å²) in [5.74, 6) is -6.98. The minimum absolute atomic E-state index is 0.0176. The summed E-state index contributed by atoms with van der Waals surface area (Å²) in [7, 11) is 0.